The zero-order chi connectivity index (χ0) is 13.8. The van der Waals surface area contributed by atoms with Gasteiger partial charge in [-0.05, 0) is 12.8 Å². The van der Waals surface area contributed by atoms with Crippen molar-refractivity contribution in [3.05, 3.63) is 28.9 Å². The van der Waals surface area contributed by atoms with Crippen LogP contribution in [-0.2, 0) is 19.9 Å². The number of rotatable bonds is 5. The average molecular weight is 280 g/mol. The molecule has 0 aliphatic heterocycles. The average Bonchev–Trinajstić information content (AvgIpc) is 2.74. The lowest BCUT2D eigenvalue weighted by molar-refractivity contribution is 0.746. The predicted octanol–water partition coefficient (Wildman–Crippen LogP) is 3.12. The molecule has 0 spiro atoms. The number of nitrogens with zero attached hydrogens (tertiary/aromatic N) is 4. The van der Waals surface area contributed by atoms with Crippen LogP contribution in [0.25, 0.3) is 0 Å². The maximum atomic E-state index is 6.14. The number of halogens is 1. The van der Waals surface area contributed by atoms with E-state index in [2.05, 4.69) is 34.2 Å². The zero-order valence-electron chi connectivity index (χ0n) is 11.4. The third-order valence-corrected chi connectivity index (χ3v) is 3.21. The van der Waals surface area contributed by atoms with Crippen molar-refractivity contribution in [2.75, 3.05) is 5.32 Å². The van der Waals surface area contributed by atoms with E-state index in [0.717, 1.165) is 42.0 Å². The Kier molecular flexibility index (Phi) is 4.37. The molecule has 0 bridgehead atoms. The monoisotopic (exact) mass is 279 g/mol. The van der Waals surface area contributed by atoms with Gasteiger partial charge >= 0.3 is 0 Å². The fourth-order valence-electron chi connectivity index (χ4n) is 2.00. The van der Waals surface area contributed by atoms with Gasteiger partial charge in [-0.15, -0.1) is 0 Å². The third-order valence-electron chi connectivity index (χ3n) is 2.89. The Morgan fingerprint density at radius 3 is 2.79 bits per heavy atom. The summed E-state index contributed by atoms with van der Waals surface area (Å²) in [5, 5.41) is 8.24. The van der Waals surface area contributed by atoms with Crippen LogP contribution in [0.5, 0.6) is 0 Å². The predicted molar refractivity (Wildman–Crippen MR) is 76.9 cm³/mol. The molecule has 0 aliphatic carbocycles. The minimum absolute atomic E-state index is 0.515. The van der Waals surface area contributed by atoms with E-state index in [-0.39, 0.29) is 0 Å². The van der Waals surface area contributed by atoms with Gasteiger partial charge in [0.2, 0.25) is 0 Å². The van der Waals surface area contributed by atoms with Crippen molar-refractivity contribution in [2.24, 2.45) is 7.05 Å². The van der Waals surface area contributed by atoms with Gasteiger partial charge in [-0.3, -0.25) is 4.68 Å². The van der Waals surface area contributed by atoms with Gasteiger partial charge in [0.05, 0.1) is 11.4 Å². The maximum Gasteiger partial charge on any atom is 0.138 e. The van der Waals surface area contributed by atoms with Crippen molar-refractivity contribution < 1.29 is 0 Å². The highest BCUT2D eigenvalue weighted by Crippen LogP contribution is 2.26. The molecular formula is C13H18ClN5. The van der Waals surface area contributed by atoms with Crippen molar-refractivity contribution in [3.63, 3.8) is 0 Å². The molecule has 0 radical (unpaired) electrons. The van der Waals surface area contributed by atoms with Crippen molar-refractivity contribution in [1.82, 2.24) is 19.7 Å². The van der Waals surface area contributed by atoms with E-state index < -0.39 is 0 Å². The Balaban J connectivity index is 2.34. The molecule has 0 unspecified atom stereocenters. The Hall–Kier alpha value is -1.62. The van der Waals surface area contributed by atoms with Gasteiger partial charge in [0.1, 0.15) is 17.3 Å². The molecule has 1 N–H and O–H groups in total. The molecule has 0 saturated heterocycles. The van der Waals surface area contributed by atoms with Crippen molar-refractivity contribution in [3.8, 4) is 0 Å². The molecule has 2 aromatic heterocycles. The third kappa shape index (κ3) is 3.04. The van der Waals surface area contributed by atoms with Crippen LogP contribution in [0.3, 0.4) is 0 Å². The molecule has 0 fully saturated rings. The summed E-state index contributed by atoms with van der Waals surface area (Å²) in [5.74, 6) is 0.768. The molecule has 2 aromatic rings. The number of aromatic nitrogens is 4. The van der Waals surface area contributed by atoms with E-state index in [0.29, 0.717) is 5.15 Å². The van der Waals surface area contributed by atoms with Gasteiger partial charge in [0.25, 0.3) is 0 Å². The van der Waals surface area contributed by atoms with Crippen molar-refractivity contribution in [1.29, 1.82) is 0 Å². The Morgan fingerprint density at radius 1 is 1.32 bits per heavy atom. The Labute approximate surface area is 118 Å². The van der Waals surface area contributed by atoms with Crippen LogP contribution in [0.15, 0.2) is 12.5 Å². The van der Waals surface area contributed by atoms with E-state index >= 15 is 0 Å². The van der Waals surface area contributed by atoms with E-state index in [1.54, 1.807) is 4.68 Å². The largest absolute Gasteiger partial charge is 0.337 e. The van der Waals surface area contributed by atoms with Gasteiger partial charge in [0, 0.05) is 18.8 Å². The smallest absolute Gasteiger partial charge is 0.138 e. The van der Waals surface area contributed by atoms with E-state index in [1.165, 1.54) is 6.33 Å². The topological polar surface area (TPSA) is 55.6 Å². The first-order chi connectivity index (χ1) is 9.15. The molecule has 0 aromatic carbocycles. The van der Waals surface area contributed by atoms with Crippen LogP contribution in [0.2, 0.25) is 5.15 Å². The minimum Gasteiger partial charge on any atom is -0.337 e. The molecule has 0 amide bonds. The molecule has 2 rings (SSSR count). The minimum atomic E-state index is 0.515. The SMILES string of the molecule is CCCc1c(Cl)ncnc1Nc1cn(C)nc1CC. The number of hydrogen-bond acceptors (Lipinski definition) is 4. The van der Waals surface area contributed by atoms with E-state index in [4.69, 9.17) is 11.6 Å². The summed E-state index contributed by atoms with van der Waals surface area (Å²) in [6, 6.07) is 0. The summed E-state index contributed by atoms with van der Waals surface area (Å²) in [7, 11) is 1.91. The summed E-state index contributed by atoms with van der Waals surface area (Å²) < 4.78 is 1.80. The molecule has 2 heterocycles. The van der Waals surface area contributed by atoms with E-state index in [9.17, 15) is 0 Å². The lowest BCUT2D eigenvalue weighted by atomic mass is 10.2. The summed E-state index contributed by atoms with van der Waals surface area (Å²) in [6.45, 7) is 4.18. The highest BCUT2D eigenvalue weighted by atomic mass is 35.5. The lowest BCUT2D eigenvalue weighted by Gasteiger charge is -2.10. The number of anilines is 2. The fraction of sp³-hybridized carbons (Fsp3) is 0.462. The highest BCUT2D eigenvalue weighted by molar-refractivity contribution is 6.30. The summed E-state index contributed by atoms with van der Waals surface area (Å²) in [4.78, 5) is 8.34. The van der Waals surface area contributed by atoms with Crippen molar-refractivity contribution >= 4 is 23.1 Å². The number of nitrogens with one attached hydrogen (secondary N) is 1. The second kappa shape index (κ2) is 6.02. The summed E-state index contributed by atoms with van der Waals surface area (Å²) in [6.07, 6.45) is 6.14. The first kappa shape index (κ1) is 13.8. The summed E-state index contributed by atoms with van der Waals surface area (Å²) >= 11 is 6.14. The second-order valence-electron chi connectivity index (χ2n) is 4.38. The molecule has 0 saturated carbocycles. The van der Waals surface area contributed by atoms with Gasteiger partial charge in [-0.1, -0.05) is 31.9 Å². The van der Waals surface area contributed by atoms with Crippen molar-refractivity contribution in [2.45, 2.75) is 33.1 Å². The summed E-state index contributed by atoms with van der Waals surface area (Å²) in [5.41, 5.74) is 2.94. The maximum absolute atomic E-state index is 6.14. The Morgan fingerprint density at radius 2 is 2.11 bits per heavy atom. The lowest BCUT2D eigenvalue weighted by Crippen LogP contribution is -2.02. The quantitative estimate of drug-likeness (QED) is 0.855. The van der Waals surface area contributed by atoms with Crippen LogP contribution in [-0.4, -0.2) is 19.7 Å². The number of aryl methyl sites for hydroxylation is 2. The Bertz CT molecular complexity index is 564. The van der Waals surface area contributed by atoms with Crippen LogP contribution < -0.4 is 5.32 Å². The first-order valence-corrected chi connectivity index (χ1v) is 6.82. The first-order valence-electron chi connectivity index (χ1n) is 6.44. The fourth-order valence-corrected chi connectivity index (χ4v) is 2.23. The van der Waals surface area contributed by atoms with Gasteiger partial charge in [-0.2, -0.15) is 5.10 Å². The van der Waals surface area contributed by atoms with Gasteiger partial charge in [0.15, 0.2) is 0 Å². The standard InChI is InChI=1S/C13H18ClN5/c1-4-6-9-12(14)15-8-16-13(9)17-11-7-19(3)18-10(11)5-2/h7-8H,4-6H2,1-3H3,(H,15,16,17). The van der Waals surface area contributed by atoms with E-state index in [1.807, 2.05) is 13.2 Å². The van der Waals surface area contributed by atoms with Crippen LogP contribution in [0.1, 0.15) is 31.5 Å². The zero-order valence-corrected chi connectivity index (χ0v) is 12.2. The van der Waals surface area contributed by atoms with Crippen LogP contribution >= 0.6 is 11.6 Å². The highest BCUT2D eigenvalue weighted by Gasteiger charge is 2.12. The number of hydrogen-bond donors (Lipinski definition) is 1. The van der Waals surface area contributed by atoms with Crippen LogP contribution in [0, 0.1) is 0 Å². The molecule has 0 aliphatic rings. The normalized spacial score (nSPS) is 10.7. The molecular weight excluding hydrogens is 262 g/mol. The second-order valence-corrected chi connectivity index (χ2v) is 4.74. The molecule has 5 nitrogen and oxygen atoms in total. The molecule has 6 heteroatoms. The molecule has 102 valence electrons. The molecule has 19 heavy (non-hydrogen) atoms. The molecule has 0 atom stereocenters. The van der Waals surface area contributed by atoms with Gasteiger partial charge in [-0.25, -0.2) is 9.97 Å². The van der Waals surface area contributed by atoms with Gasteiger partial charge < -0.3 is 5.32 Å². The van der Waals surface area contributed by atoms with Crippen LogP contribution in [0.4, 0.5) is 11.5 Å².